The van der Waals surface area contributed by atoms with Crippen LogP contribution in [0.3, 0.4) is 0 Å². The summed E-state index contributed by atoms with van der Waals surface area (Å²) in [5.41, 5.74) is 3.45. The van der Waals surface area contributed by atoms with Gasteiger partial charge >= 0.3 is 0 Å². The summed E-state index contributed by atoms with van der Waals surface area (Å²) in [6.07, 6.45) is 1.08. The van der Waals surface area contributed by atoms with Gasteiger partial charge in [0.05, 0.1) is 11.6 Å². The molecule has 0 amide bonds. The van der Waals surface area contributed by atoms with Crippen LogP contribution in [0.1, 0.15) is 23.6 Å². The lowest BCUT2D eigenvalue weighted by atomic mass is 10.1. The van der Waals surface area contributed by atoms with Crippen LogP contribution >= 0.6 is 11.8 Å². The van der Waals surface area contributed by atoms with E-state index >= 15 is 0 Å². The summed E-state index contributed by atoms with van der Waals surface area (Å²) in [4.78, 5) is 2.41. The molecule has 0 atom stereocenters. The van der Waals surface area contributed by atoms with Gasteiger partial charge in [0.25, 0.3) is 0 Å². The lowest BCUT2D eigenvalue weighted by molar-refractivity contribution is 1.10. The maximum atomic E-state index is 8.76. The topological polar surface area (TPSA) is 23.8 Å². The first-order valence-electron chi connectivity index (χ1n) is 6.00. The molecule has 0 aromatic heterocycles. The second kappa shape index (κ2) is 5.75. The third-order valence-electron chi connectivity index (χ3n) is 2.91. The Kier molecular flexibility index (Phi) is 4.07. The van der Waals surface area contributed by atoms with Gasteiger partial charge in [-0.05, 0) is 60.9 Å². The Morgan fingerprint density at radius 2 is 1.72 bits per heavy atom. The van der Waals surface area contributed by atoms with Crippen molar-refractivity contribution < 1.29 is 0 Å². The van der Waals surface area contributed by atoms with Crippen molar-refractivity contribution in [3.63, 3.8) is 0 Å². The maximum Gasteiger partial charge on any atom is 0.0991 e. The summed E-state index contributed by atoms with van der Waals surface area (Å²) >= 11 is 1.73. The molecule has 0 unspecified atom stereocenters. The monoisotopic (exact) mass is 253 g/mol. The van der Waals surface area contributed by atoms with E-state index < -0.39 is 0 Å². The molecular formula is C16H15NS. The molecule has 0 spiro atoms. The van der Waals surface area contributed by atoms with Crippen molar-refractivity contribution in [1.82, 2.24) is 0 Å². The predicted octanol–water partition coefficient (Wildman–Crippen LogP) is 4.58. The Hall–Kier alpha value is -1.72. The van der Waals surface area contributed by atoms with Crippen LogP contribution < -0.4 is 0 Å². The number of hydrogen-bond acceptors (Lipinski definition) is 2. The summed E-state index contributed by atoms with van der Waals surface area (Å²) in [5, 5.41) is 8.76. The van der Waals surface area contributed by atoms with Crippen molar-refractivity contribution in [2.75, 3.05) is 0 Å². The molecule has 0 saturated heterocycles. The van der Waals surface area contributed by atoms with E-state index in [0.717, 1.165) is 11.3 Å². The lowest BCUT2D eigenvalue weighted by Crippen LogP contribution is -1.86. The van der Waals surface area contributed by atoms with Crippen molar-refractivity contribution >= 4 is 11.8 Å². The minimum atomic E-state index is 0.705. The molecule has 18 heavy (non-hydrogen) atoms. The fourth-order valence-electron chi connectivity index (χ4n) is 1.86. The van der Waals surface area contributed by atoms with Crippen molar-refractivity contribution in [3.05, 3.63) is 59.2 Å². The molecule has 0 bridgehead atoms. The average molecular weight is 253 g/mol. The highest BCUT2D eigenvalue weighted by Gasteiger charge is 2.01. The zero-order valence-corrected chi connectivity index (χ0v) is 11.4. The number of nitriles is 1. The molecular weight excluding hydrogens is 238 g/mol. The second-order valence-electron chi connectivity index (χ2n) is 4.18. The van der Waals surface area contributed by atoms with Crippen LogP contribution in [-0.4, -0.2) is 0 Å². The Balaban J connectivity index is 2.18. The van der Waals surface area contributed by atoms with E-state index in [4.69, 9.17) is 5.26 Å². The fourth-order valence-corrected chi connectivity index (χ4v) is 2.78. The van der Waals surface area contributed by atoms with E-state index in [1.54, 1.807) is 11.8 Å². The van der Waals surface area contributed by atoms with Gasteiger partial charge in [-0.1, -0.05) is 24.8 Å². The molecule has 0 heterocycles. The Bertz CT molecular complexity index is 579. The highest BCUT2D eigenvalue weighted by atomic mass is 32.2. The van der Waals surface area contributed by atoms with Gasteiger partial charge in [-0.25, -0.2) is 0 Å². The van der Waals surface area contributed by atoms with E-state index in [9.17, 15) is 0 Å². The minimum absolute atomic E-state index is 0.705. The number of hydrogen-bond donors (Lipinski definition) is 0. The van der Waals surface area contributed by atoms with E-state index in [-0.39, 0.29) is 0 Å². The summed E-state index contributed by atoms with van der Waals surface area (Å²) in [7, 11) is 0. The highest BCUT2D eigenvalue weighted by molar-refractivity contribution is 7.99. The summed E-state index contributed by atoms with van der Waals surface area (Å²) < 4.78 is 0. The highest BCUT2D eigenvalue weighted by Crippen LogP contribution is 2.29. The van der Waals surface area contributed by atoms with Crippen LogP contribution in [0.2, 0.25) is 0 Å². The second-order valence-corrected chi connectivity index (χ2v) is 5.33. The smallest absolute Gasteiger partial charge is 0.0991 e. The third-order valence-corrected chi connectivity index (χ3v) is 3.91. The van der Waals surface area contributed by atoms with Gasteiger partial charge in [0.2, 0.25) is 0 Å². The number of nitrogens with zero attached hydrogens (tertiary/aromatic N) is 1. The SMILES string of the molecule is CCc1ccc(Sc2ccc(C#N)cc2)cc1C. The molecule has 0 saturated carbocycles. The molecule has 0 aliphatic heterocycles. The van der Waals surface area contributed by atoms with Gasteiger partial charge in [-0.3, -0.25) is 0 Å². The Labute approximate surface area is 112 Å². The molecule has 0 radical (unpaired) electrons. The van der Waals surface area contributed by atoms with Crippen LogP contribution in [0.5, 0.6) is 0 Å². The first-order valence-corrected chi connectivity index (χ1v) is 6.82. The van der Waals surface area contributed by atoms with Crippen molar-refractivity contribution in [2.24, 2.45) is 0 Å². The van der Waals surface area contributed by atoms with E-state index in [1.807, 2.05) is 24.3 Å². The first-order chi connectivity index (χ1) is 8.72. The summed E-state index contributed by atoms with van der Waals surface area (Å²) in [5.74, 6) is 0. The zero-order valence-electron chi connectivity index (χ0n) is 10.6. The molecule has 2 aromatic rings. The fraction of sp³-hybridized carbons (Fsp3) is 0.188. The maximum absolute atomic E-state index is 8.76. The van der Waals surface area contributed by atoms with Gasteiger partial charge in [0.1, 0.15) is 0 Å². The summed E-state index contributed by atoms with van der Waals surface area (Å²) in [6, 6.07) is 16.4. The average Bonchev–Trinajstić information content (AvgIpc) is 2.40. The van der Waals surface area contributed by atoms with Crippen LogP contribution in [0.4, 0.5) is 0 Å². The number of rotatable bonds is 3. The molecule has 0 aliphatic rings. The molecule has 2 rings (SSSR count). The van der Waals surface area contributed by atoms with Crippen molar-refractivity contribution in [3.8, 4) is 6.07 Å². The molecule has 90 valence electrons. The van der Waals surface area contributed by atoms with E-state index in [1.165, 1.54) is 16.0 Å². The van der Waals surface area contributed by atoms with Gasteiger partial charge in [0, 0.05) is 9.79 Å². The molecule has 2 aromatic carbocycles. The van der Waals surface area contributed by atoms with Gasteiger partial charge in [-0.15, -0.1) is 0 Å². The summed E-state index contributed by atoms with van der Waals surface area (Å²) in [6.45, 7) is 4.33. The van der Waals surface area contributed by atoms with Crippen molar-refractivity contribution in [1.29, 1.82) is 5.26 Å². The van der Waals surface area contributed by atoms with Crippen LogP contribution in [0.25, 0.3) is 0 Å². The van der Waals surface area contributed by atoms with Gasteiger partial charge in [0.15, 0.2) is 0 Å². The van der Waals surface area contributed by atoms with Gasteiger partial charge < -0.3 is 0 Å². The number of benzene rings is 2. The molecule has 0 fully saturated rings. The minimum Gasteiger partial charge on any atom is -0.192 e. The largest absolute Gasteiger partial charge is 0.192 e. The third kappa shape index (κ3) is 2.94. The molecule has 1 nitrogen and oxygen atoms in total. The predicted molar refractivity (Wildman–Crippen MR) is 75.8 cm³/mol. The molecule has 0 aliphatic carbocycles. The van der Waals surface area contributed by atoms with Crippen LogP contribution in [0.15, 0.2) is 52.3 Å². The van der Waals surface area contributed by atoms with E-state index in [2.05, 4.69) is 38.1 Å². The van der Waals surface area contributed by atoms with Crippen LogP contribution in [0, 0.1) is 18.3 Å². The first kappa shape index (κ1) is 12.7. The Morgan fingerprint density at radius 1 is 1.06 bits per heavy atom. The van der Waals surface area contributed by atoms with Crippen molar-refractivity contribution in [2.45, 2.75) is 30.1 Å². The normalized spacial score (nSPS) is 10.1. The molecule has 2 heteroatoms. The number of aryl methyl sites for hydroxylation is 2. The van der Waals surface area contributed by atoms with E-state index in [0.29, 0.717) is 5.56 Å². The Morgan fingerprint density at radius 3 is 2.28 bits per heavy atom. The van der Waals surface area contributed by atoms with Gasteiger partial charge in [-0.2, -0.15) is 5.26 Å². The lowest BCUT2D eigenvalue weighted by Gasteiger charge is -2.06. The molecule has 0 N–H and O–H groups in total. The van der Waals surface area contributed by atoms with Crippen LogP contribution in [-0.2, 0) is 6.42 Å². The zero-order chi connectivity index (χ0) is 13.0. The quantitative estimate of drug-likeness (QED) is 0.799. The standard InChI is InChI=1S/C16H15NS/c1-3-14-6-9-16(10-12(14)2)18-15-7-4-13(11-17)5-8-15/h4-10H,3H2,1-2H3.